The fourth-order valence-corrected chi connectivity index (χ4v) is 9.11. The first-order chi connectivity index (χ1) is 31.8. The van der Waals surface area contributed by atoms with Crippen LogP contribution in [0.1, 0.15) is 75.6 Å². The number of halogens is 4. The van der Waals surface area contributed by atoms with Crippen molar-refractivity contribution in [2.24, 2.45) is 5.92 Å². The van der Waals surface area contributed by atoms with Crippen molar-refractivity contribution < 1.29 is 51.0 Å². The lowest BCUT2D eigenvalue weighted by Crippen LogP contribution is -2.62. The van der Waals surface area contributed by atoms with Crippen LogP contribution in [0.2, 0.25) is 0 Å². The highest BCUT2D eigenvalue weighted by Crippen LogP contribution is 2.39. The third kappa shape index (κ3) is 10.2. The highest BCUT2D eigenvalue weighted by atomic mass is 19.4. The average molecular weight is 935 g/mol. The van der Waals surface area contributed by atoms with E-state index >= 15 is 4.39 Å². The number of hydrogen-bond donors (Lipinski definition) is 4. The van der Waals surface area contributed by atoms with Crippen LogP contribution in [0.4, 0.5) is 38.7 Å². The maximum absolute atomic E-state index is 15.7. The van der Waals surface area contributed by atoms with Crippen LogP contribution >= 0.6 is 0 Å². The number of anilines is 2. The summed E-state index contributed by atoms with van der Waals surface area (Å²) in [7, 11) is 2.76. The number of aromatic nitrogens is 3. The highest BCUT2D eigenvalue weighted by molar-refractivity contribution is 6.04. The SMILES string of the molecule is CNC(=O)N1CCCC1(C)C(=O)N1CCN(c2ccc(C(=O)Nc3cc(OC(F)(F)F)c(-c4ccc(-c5cnc(C6CCCN6C(=O)C(NC(=O)OC)C(C)C)[nH]5)cc4)cc3F)cn2)C(C)C1. The smallest absolute Gasteiger partial charge is 0.453 e. The summed E-state index contributed by atoms with van der Waals surface area (Å²) in [6, 6.07) is 9.20. The van der Waals surface area contributed by atoms with Crippen molar-refractivity contribution in [3.05, 3.63) is 78.1 Å². The average Bonchev–Trinajstić information content (AvgIpc) is 4.09. The molecule has 0 saturated carbocycles. The molecule has 3 fully saturated rings. The number of alkyl carbamates (subject to hydrolysis) is 1. The van der Waals surface area contributed by atoms with Crippen molar-refractivity contribution in [2.75, 3.05) is 57.1 Å². The van der Waals surface area contributed by atoms with E-state index in [1.54, 1.807) is 46.0 Å². The summed E-state index contributed by atoms with van der Waals surface area (Å²) in [6.45, 7) is 9.47. The van der Waals surface area contributed by atoms with Gasteiger partial charge in [0.1, 0.15) is 34.8 Å². The van der Waals surface area contributed by atoms with Crippen molar-refractivity contribution in [3.8, 4) is 28.1 Å². The van der Waals surface area contributed by atoms with Crippen molar-refractivity contribution >= 4 is 41.4 Å². The Balaban J connectivity index is 1.02. The number of imidazole rings is 1. The molecule has 0 bridgehead atoms. The summed E-state index contributed by atoms with van der Waals surface area (Å²) in [4.78, 5) is 84.3. The molecule has 17 nitrogen and oxygen atoms in total. The van der Waals surface area contributed by atoms with Crippen molar-refractivity contribution in [3.63, 3.8) is 0 Å². The minimum atomic E-state index is -5.16. The summed E-state index contributed by atoms with van der Waals surface area (Å²) in [5.74, 6) is -2.18. The molecule has 2 aromatic heterocycles. The number of carbonyl (C=O) groups excluding carboxylic acids is 5. The van der Waals surface area contributed by atoms with Gasteiger partial charge >= 0.3 is 18.5 Å². The van der Waals surface area contributed by atoms with E-state index in [0.29, 0.717) is 74.9 Å². The second-order valence-electron chi connectivity index (χ2n) is 17.4. The Bertz CT molecular complexity index is 2490. The number of amides is 6. The van der Waals surface area contributed by atoms with E-state index in [9.17, 15) is 37.1 Å². The quantitative estimate of drug-likeness (QED) is 0.118. The second-order valence-corrected chi connectivity index (χ2v) is 17.4. The van der Waals surface area contributed by atoms with E-state index in [1.807, 2.05) is 25.7 Å². The van der Waals surface area contributed by atoms with E-state index in [2.05, 4.69) is 35.6 Å². The predicted molar refractivity (Wildman–Crippen MR) is 238 cm³/mol. The standard InChI is InChI=1S/C46H54F4N10O7/c1-26(2)38(56-44(65)66-6)41(62)59-17-7-9-35(59)39-53-24-34(54-39)29-12-10-28(11-13-29)31-21-32(47)33(22-36(31)67-46(48,49)50)55-40(61)30-14-15-37(52-23-30)58-20-19-57(25-27(58)3)42(63)45(4)16-8-18-60(45)43(64)51-5/h10-15,21-24,26-27,35,38H,7-9,16-20,25H2,1-6H3,(H,51,64)(H,53,54)(H,55,61)(H,56,65). The van der Waals surface area contributed by atoms with Gasteiger partial charge in [-0.1, -0.05) is 38.1 Å². The number of nitrogens with zero attached hydrogens (tertiary/aromatic N) is 6. The molecule has 0 radical (unpaired) electrons. The summed E-state index contributed by atoms with van der Waals surface area (Å²) in [5, 5.41) is 7.57. The normalized spacial score (nSPS) is 20.2. The van der Waals surface area contributed by atoms with Gasteiger partial charge in [0.05, 0.1) is 36.3 Å². The number of nitrogens with one attached hydrogen (secondary N) is 4. The molecule has 6 amide bonds. The lowest BCUT2D eigenvalue weighted by molar-refractivity contribution is -0.274. The lowest BCUT2D eigenvalue weighted by atomic mass is 9.96. The third-order valence-electron chi connectivity index (χ3n) is 12.7. The fraction of sp³-hybridized carbons (Fsp3) is 0.457. The molecule has 3 aliphatic rings. The molecule has 5 heterocycles. The zero-order chi connectivity index (χ0) is 48.4. The molecule has 0 aliphatic carbocycles. The number of likely N-dealkylation sites (tertiary alicyclic amines) is 2. The molecule has 0 spiro atoms. The van der Waals surface area contributed by atoms with Gasteiger partial charge in [-0.25, -0.2) is 23.9 Å². The van der Waals surface area contributed by atoms with Gasteiger partial charge in [0.15, 0.2) is 0 Å². The van der Waals surface area contributed by atoms with Gasteiger partial charge in [0.2, 0.25) is 11.8 Å². The van der Waals surface area contributed by atoms with Crippen LogP contribution in [-0.2, 0) is 14.3 Å². The number of rotatable bonds is 11. The molecule has 4 atom stereocenters. The summed E-state index contributed by atoms with van der Waals surface area (Å²) in [5.41, 5.74) is -0.387. The van der Waals surface area contributed by atoms with Crippen LogP contribution in [-0.4, -0.2) is 130 Å². The number of piperazine rings is 1. The number of aromatic amines is 1. The third-order valence-corrected chi connectivity index (χ3v) is 12.7. The molecule has 3 aliphatic heterocycles. The fourth-order valence-electron chi connectivity index (χ4n) is 9.11. The number of alkyl halides is 3. The van der Waals surface area contributed by atoms with Crippen LogP contribution in [0, 0.1) is 11.7 Å². The first kappa shape index (κ1) is 48.0. The van der Waals surface area contributed by atoms with Crippen molar-refractivity contribution in [1.29, 1.82) is 0 Å². The minimum absolute atomic E-state index is 0.00977. The molecule has 4 unspecified atom stereocenters. The minimum Gasteiger partial charge on any atom is -0.453 e. The summed E-state index contributed by atoms with van der Waals surface area (Å²) in [6.07, 6.45) is -0.416. The maximum atomic E-state index is 15.7. The molecule has 67 heavy (non-hydrogen) atoms. The van der Waals surface area contributed by atoms with Crippen LogP contribution in [0.15, 0.2) is 60.9 Å². The largest absolute Gasteiger partial charge is 0.573 e. The maximum Gasteiger partial charge on any atom is 0.573 e. The molecule has 3 saturated heterocycles. The Kier molecular flexibility index (Phi) is 14.0. The van der Waals surface area contributed by atoms with Gasteiger partial charge in [-0.15, -0.1) is 13.2 Å². The lowest BCUT2D eigenvalue weighted by Gasteiger charge is -2.44. The Hall–Kier alpha value is -6.93. The Morgan fingerprint density at radius 3 is 2.31 bits per heavy atom. The van der Waals surface area contributed by atoms with Crippen molar-refractivity contribution in [1.82, 2.24) is 40.3 Å². The Morgan fingerprint density at radius 2 is 1.67 bits per heavy atom. The molecule has 358 valence electrons. The highest BCUT2D eigenvalue weighted by Gasteiger charge is 2.48. The van der Waals surface area contributed by atoms with Crippen LogP contribution in [0.3, 0.4) is 0 Å². The number of H-pyrrole nitrogens is 1. The molecule has 4 aromatic rings. The molecule has 2 aromatic carbocycles. The van der Waals surface area contributed by atoms with E-state index in [-0.39, 0.29) is 46.5 Å². The summed E-state index contributed by atoms with van der Waals surface area (Å²) >= 11 is 0. The Morgan fingerprint density at radius 1 is 0.940 bits per heavy atom. The van der Waals surface area contributed by atoms with Gasteiger partial charge < -0.3 is 50.0 Å². The number of benzene rings is 2. The second kappa shape index (κ2) is 19.5. The van der Waals surface area contributed by atoms with E-state index in [0.717, 1.165) is 18.6 Å². The van der Waals surface area contributed by atoms with Crippen LogP contribution < -0.4 is 25.6 Å². The zero-order valence-corrected chi connectivity index (χ0v) is 38.0. The van der Waals surface area contributed by atoms with Gasteiger partial charge in [0, 0.05) is 63.6 Å². The molecule has 7 rings (SSSR count). The zero-order valence-electron chi connectivity index (χ0n) is 38.0. The number of urea groups is 1. The van der Waals surface area contributed by atoms with E-state index in [1.165, 1.54) is 38.6 Å². The van der Waals surface area contributed by atoms with Crippen LogP contribution in [0.5, 0.6) is 5.75 Å². The summed E-state index contributed by atoms with van der Waals surface area (Å²) < 4.78 is 66.1. The van der Waals surface area contributed by atoms with Gasteiger partial charge in [-0.05, 0) is 74.8 Å². The number of pyridine rings is 1. The van der Waals surface area contributed by atoms with Gasteiger partial charge in [0.25, 0.3) is 5.91 Å². The molecule has 4 N–H and O–H groups in total. The van der Waals surface area contributed by atoms with Crippen molar-refractivity contribution in [2.45, 2.75) is 83.4 Å². The van der Waals surface area contributed by atoms with Gasteiger partial charge in [-0.2, -0.15) is 0 Å². The number of carbonyl (C=O) groups is 5. The molecular formula is C46H54F4N10O7. The monoisotopic (exact) mass is 934 g/mol. The Labute approximate surface area is 384 Å². The van der Waals surface area contributed by atoms with Gasteiger partial charge in [-0.3, -0.25) is 14.4 Å². The topological polar surface area (TPSA) is 194 Å². The molecule has 21 heteroatoms. The first-order valence-corrected chi connectivity index (χ1v) is 22.0. The number of hydrogen-bond acceptors (Lipinski definition) is 10. The first-order valence-electron chi connectivity index (χ1n) is 22.0. The number of ether oxygens (including phenoxy) is 2. The predicted octanol–water partition coefficient (Wildman–Crippen LogP) is 6.70. The van der Waals surface area contributed by atoms with E-state index < -0.39 is 53.2 Å². The molecular weight excluding hydrogens is 881 g/mol. The van der Waals surface area contributed by atoms with E-state index in [4.69, 9.17) is 4.74 Å². The van der Waals surface area contributed by atoms with Crippen LogP contribution in [0.25, 0.3) is 22.4 Å². The number of methoxy groups -OCH3 is 1.